The van der Waals surface area contributed by atoms with E-state index < -0.39 is 0 Å². The molecule has 0 aromatic carbocycles. The smallest absolute Gasteiger partial charge is 0.361 e. The van der Waals surface area contributed by atoms with Crippen molar-refractivity contribution in [3.63, 3.8) is 0 Å². The summed E-state index contributed by atoms with van der Waals surface area (Å²) in [6.07, 6.45) is 7.63. The molecule has 0 aromatic rings. The summed E-state index contributed by atoms with van der Waals surface area (Å²) in [4.78, 5) is 12.1. The highest BCUT2D eigenvalue weighted by atomic mass is 16.5. The monoisotopic (exact) mass is 282 g/mol. The molecule has 0 unspecified atom stereocenters. The van der Waals surface area contributed by atoms with Crippen LogP contribution in [0.4, 0.5) is 0 Å². The number of piperidine rings is 1. The minimum atomic E-state index is 0.0141. The van der Waals surface area contributed by atoms with Gasteiger partial charge in [-0.25, -0.2) is 4.79 Å². The first kappa shape index (κ1) is 15.8. The molecule has 20 heavy (non-hydrogen) atoms. The van der Waals surface area contributed by atoms with Gasteiger partial charge in [-0.2, -0.15) is 0 Å². The van der Waals surface area contributed by atoms with Crippen LogP contribution in [0.3, 0.4) is 0 Å². The Morgan fingerprint density at radius 3 is 2.50 bits per heavy atom. The number of carbonyl (C=O) groups excluding carboxylic acids is 1. The number of rotatable bonds is 4. The van der Waals surface area contributed by atoms with Crippen LogP contribution in [0.2, 0.25) is 0 Å². The minimum absolute atomic E-state index is 0.0141. The Kier molecular flexibility index (Phi) is 5.48. The number of esters is 1. The third-order valence-electron chi connectivity index (χ3n) is 5.47. The predicted octanol–water partition coefficient (Wildman–Crippen LogP) is 3.23. The number of likely N-dealkylation sites (tertiary alicyclic amines) is 1. The summed E-state index contributed by atoms with van der Waals surface area (Å²) in [7, 11) is 2.20. The third-order valence-corrected chi connectivity index (χ3v) is 5.47. The highest BCUT2D eigenvalue weighted by Crippen LogP contribution is 2.33. The van der Waals surface area contributed by atoms with E-state index >= 15 is 0 Å². The van der Waals surface area contributed by atoms with Crippen LogP contribution in [0.1, 0.15) is 52.4 Å². The molecule has 1 heterocycles. The van der Waals surface area contributed by atoms with Crippen LogP contribution in [-0.2, 0) is 9.53 Å². The number of ether oxygens (including phenoxy) is 1. The molecule has 3 atom stereocenters. The lowest BCUT2D eigenvalue weighted by atomic mass is 9.76. The maximum absolute atomic E-state index is 12.1. The summed E-state index contributed by atoms with van der Waals surface area (Å²) in [5.41, 5.74) is 0. The zero-order valence-electron chi connectivity index (χ0n) is 13.6. The molecule has 1 saturated carbocycles. The Labute approximate surface area is 124 Å². The second-order valence-corrected chi connectivity index (χ2v) is 7.62. The normalized spacial score (nSPS) is 33.6. The van der Waals surface area contributed by atoms with Crippen molar-refractivity contribution in [2.45, 2.75) is 52.4 Å². The van der Waals surface area contributed by atoms with Crippen LogP contribution in [0.25, 0.3) is 0 Å². The fraction of sp³-hybridized carbons (Fsp3) is 0.941. The van der Waals surface area contributed by atoms with Crippen molar-refractivity contribution < 1.29 is 14.0 Å². The Balaban J connectivity index is 1.72. The fourth-order valence-corrected chi connectivity index (χ4v) is 3.97. The lowest BCUT2D eigenvalue weighted by Gasteiger charge is -2.37. The summed E-state index contributed by atoms with van der Waals surface area (Å²) < 4.78 is 6.49. The Morgan fingerprint density at radius 2 is 1.85 bits per heavy atom. The Hall–Kier alpha value is -0.570. The van der Waals surface area contributed by atoms with Crippen LogP contribution in [0.15, 0.2) is 0 Å². The first-order chi connectivity index (χ1) is 9.48. The van der Waals surface area contributed by atoms with E-state index in [-0.39, 0.29) is 5.97 Å². The summed E-state index contributed by atoms with van der Waals surface area (Å²) >= 11 is 0. The molecule has 0 N–H and O–H groups in total. The Bertz CT molecular complexity index is 323. The molecule has 0 bridgehead atoms. The zero-order chi connectivity index (χ0) is 14.6. The first-order valence-electron chi connectivity index (χ1n) is 8.48. The molecule has 0 spiro atoms. The van der Waals surface area contributed by atoms with E-state index in [9.17, 15) is 4.79 Å². The highest BCUT2D eigenvalue weighted by molar-refractivity contribution is 5.70. The van der Waals surface area contributed by atoms with Crippen LogP contribution in [0, 0.1) is 17.8 Å². The molecule has 3 nitrogen and oxygen atoms in total. The number of quaternary nitrogens is 1. The van der Waals surface area contributed by atoms with Gasteiger partial charge in [0.05, 0.1) is 26.7 Å². The number of carbonyl (C=O) groups is 1. The molecule has 1 saturated heterocycles. The van der Waals surface area contributed by atoms with E-state index in [1.165, 1.54) is 38.5 Å². The molecule has 2 fully saturated rings. The molecule has 1 aliphatic heterocycles. The van der Waals surface area contributed by atoms with Crippen LogP contribution in [-0.4, -0.2) is 43.7 Å². The van der Waals surface area contributed by atoms with Gasteiger partial charge in [0.2, 0.25) is 0 Å². The van der Waals surface area contributed by atoms with Crippen molar-refractivity contribution in [1.82, 2.24) is 0 Å². The molecule has 3 heteroatoms. The quantitative estimate of drug-likeness (QED) is 0.584. The SMILES string of the molecule is C[C@H]1CC[C@@H](COC(=O)C[N+]2(C)CCCCC2)[C@H](C)C1. The molecule has 0 amide bonds. The standard InChI is InChI=1S/C17H32NO2/c1-14-7-8-16(15(2)11-14)13-20-17(19)12-18(3)9-5-4-6-10-18/h14-16H,4-13H2,1-3H3/q+1/t14-,15+,16-/m0/s1. The summed E-state index contributed by atoms with van der Waals surface area (Å²) in [5.74, 6) is 2.14. The van der Waals surface area contributed by atoms with E-state index in [0.29, 0.717) is 25.0 Å². The van der Waals surface area contributed by atoms with Gasteiger partial charge in [-0.05, 0) is 49.9 Å². The van der Waals surface area contributed by atoms with Gasteiger partial charge in [-0.15, -0.1) is 0 Å². The van der Waals surface area contributed by atoms with Gasteiger partial charge in [0.1, 0.15) is 0 Å². The molecule has 1 aliphatic carbocycles. The highest BCUT2D eigenvalue weighted by Gasteiger charge is 2.30. The third kappa shape index (κ3) is 4.47. The van der Waals surface area contributed by atoms with E-state index in [1.54, 1.807) is 0 Å². The van der Waals surface area contributed by atoms with Crippen molar-refractivity contribution in [2.24, 2.45) is 17.8 Å². The minimum Gasteiger partial charge on any atom is -0.461 e. The van der Waals surface area contributed by atoms with Gasteiger partial charge in [0.15, 0.2) is 6.54 Å². The lowest BCUT2D eigenvalue weighted by Crippen LogP contribution is -2.51. The van der Waals surface area contributed by atoms with Crippen LogP contribution >= 0.6 is 0 Å². The summed E-state index contributed by atoms with van der Waals surface area (Å²) in [5, 5.41) is 0. The molecule has 2 aliphatic rings. The van der Waals surface area contributed by atoms with Crippen LogP contribution in [0.5, 0.6) is 0 Å². The summed E-state index contributed by atoms with van der Waals surface area (Å²) in [6.45, 7) is 8.12. The van der Waals surface area contributed by atoms with Gasteiger partial charge < -0.3 is 9.22 Å². The molecule has 2 rings (SSSR count). The lowest BCUT2D eigenvalue weighted by molar-refractivity contribution is -0.907. The van der Waals surface area contributed by atoms with Gasteiger partial charge in [-0.3, -0.25) is 0 Å². The molecule has 0 aromatic heterocycles. The number of likely N-dealkylation sites (N-methyl/N-ethyl adjacent to an activating group) is 1. The summed E-state index contributed by atoms with van der Waals surface area (Å²) in [6, 6.07) is 0. The van der Waals surface area contributed by atoms with E-state index in [1.807, 2.05) is 0 Å². The predicted molar refractivity (Wildman–Crippen MR) is 81.3 cm³/mol. The van der Waals surface area contributed by atoms with E-state index in [4.69, 9.17) is 4.74 Å². The first-order valence-corrected chi connectivity index (χ1v) is 8.48. The van der Waals surface area contributed by atoms with Crippen molar-refractivity contribution in [2.75, 3.05) is 33.3 Å². The van der Waals surface area contributed by atoms with Gasteiger partial charge in [0.25, 0.3) is 0 Å². The number of nitrogens with zero attached hydrogens (tertiary/aromatic N) is 1. The van der Waals surface area contributed by atoms with E-state index in [0.717, 1.165) is 23.5 Å². The van der Waals surface area contributed by atoms with Gasteiger partial charge in [0, 0.05) is 0 Å². The van der Waals surface area contributed by atoms with Crippen molar-refractivity contribution in [3.05, 3.63) is 0 Å². The largest absolute Gasteiger partial charge is 0.461 e. The van der Waals surface area contributed by atoms with E-state index in [2.05, 4.69) is 20.9 Å². The average molecular weight is 282 g/mol. The van der Waals surface area contributed by atoms with Crippen molar-refractivity contribution >= 4 is 5.97 Å². The molecular formula is C17H32NO2+. The number of hydrogen-bond donors (Lipinski definition) is 0. The topological polar surface area (TPSA) is 26.3 Å². The second kappa shape index (κ2) is 6.93. The maximum Gasteiger partial charge on any atom is 0.361 e. The number of hydrogen-bond acceptors (Lipinski definition) is 2. The van der Waals surface area contributed by atoms with Crippen molar-refractivity contribution in [3.8, 4) is 0 Å². The zero-order valence-corrected chi connectivity index (χ0v) is 13.6. The molecular weight excluding hydrogens is 250 g/mol. The van der Waals surface area contributed by atoms with Gasteiger partial charge >= 0.3 is 5.97 Å². The Morgan fingerprint density at radius 1 is 1.15 bits per heavy atom. The van der Waals surface area contributed by atoms with Gasteiger partial charge in [-0.1, -0.05) is 20.3 Å². The van der Waals surface area contributed by atoms with Crippen molar-refractivity contribution in [1.29, 1.82) is 0 Å². The molecule has 0 radical (unpaired) electrons. The average Bonchev–Trinajstić information content (AvgIpc) is 2.38. The fourth-order valence-electron chi connectivity index (χ4n) is 3.97. The molecule has 116 valence electrons. The second-order valence-electron chi connectivity index (χ2n) is 7.62. The van der Waals surface area contributed by atoms with Crippen LogP contribution < -0.4 is 0 Å². The maximum atomic E-state index is 12.1.